The number of aliphatic carboxylic acids is 1. The highest BCUT2D eigenvalue weighted by Crippen LogP contribution is 2.30. The average Bonchev–Trinajstić information content (AvgIpc) is 3.20. The van der Waals surface area contributed by atoms with Gasteiger partial charge in [0.2, 0.25) is 0 Å². The Balaban J connectivity index is 1.58. The number of piperidine rings is 1. The van der Waals surface area contributed by atoms with E-state index in [0.29, 0.717) is 5.92 Å². The van der Waals surface area contributed by atoms with Gasteiger partial charge in [-0.25, -0.2) is 4.98 Å². The van der Waals surface area contributed by atoms with E-state index in [1.54, 1.807) is 22.7 Å². The predicted octanol–water partition coefficient (Wildman–Crippen LogP) is 3.85. The molecule has 3 rings (SSSR count). The van der Waals surface area contributed by atoms with Gasteiger partial charge in [-0.3, -0.25) is 9.69 Å². The van der Waals surface area contributed by atoms with Crippen LogP contribution in [0.2, 0.25) is 0 Å². The van der Waals surface area contributed by atoms with Gasteiger partial charge in [0.25, 0.3) is 0 Å². The van der Waals surface area contributed by atoms with Crippen molar-refractivity contribution in [3.63, 3.8) is 0 Å². The molecule has 0 aromatic carbocycles. The highest BCUT2D eigenvalue weighted by atomic mass is 32.1. The van der Waals surface area contributed by atoms with Crippen molar-refractivity contribution >= 4 is 28.6 Å². The summed E-state index contributed by atoms with van der Waals surface area (Å²) in [4.78, 5) is 18.4. The summed E-state index contributed by atoms with van der Waals surface area (Å²) in [6.07, 6.45) is 4.13. The Morgan fingerprint density at radius 3 is 2.78 bits per heavy atom. The van der Waals surface area contributed by atoms with E-state index in [2.05, 4.69) is 22.2 Å². The van der Waals surface area contributed by atoms with Crippen LogP contribution in [0.1, 0.15) is 42.1 Å². The zero-order chi connectivity index (χ0) is 16.2. The van der Waals surface area contributed by atoms with Crippen molar-refractivity contribution in [1.82, 2.24) is 9.88 Å². The van der Waals surface area contributed by atoms with Crippen molar-refractivity contribution in [3.05, 3.63) is 38.5 Å². The minimum atomic E-state index is -0.741. The summed E-state index contributed by atoms with van der Waals surface area (Å²) in [6, 6.07) is 1.44. The van der Waals surface area contributed by atoms with Gasteiger partial charge in [-0.05, 0) is 60.7 Å². The zero-order valence-electron chi connectivity index (χ0n) is 13.3. The Labute approximate surface area is 144 Å². The molecule has 1 atom stereocenters. The molecule has 0 radical (unpaired) electrons. The van der Waals surface area contributed by atoms with Crippen LogP contribution in [0.15, 0.2) is 22.2 Å². The van der Waals surface area contributed by atoms with Crippen molar-refractivity contribution < 1.29 is 9.90 Å². The van der Waals surface area contributed by atoms with Crippen LogP contribution >= 0.6 is 22.7 Å². The highest BCUT2D eigenvalue weighted by Gasteiger charge is 2.31. The average molecular weight is 351 g/mol. The largest absolute Gasteiger partial charge is 0.480 e. The molecule has 1 N–H and O–H groups in total. The molecule has 0 bridgehead atoms. The molecule has 1 saturated heterocycles. The number of carboxylic acids is 1. The second-order valence-corrected chi connectivity index (χ2v) is 7.79. The molecule has 2 aromatic rings. The molecule has 1 fully saturated rings. The number of carboxylic acid groups (broad SMARTS) is 1. The molecule has 1 aliphatic rings. The fourth-order valence-electron chi connectivity index (χ4n) is 3.21. The third-order valence-electron chi connectivity index (χ3n) is 4.53. The van der Waals surface area contributed by atoms with Crippen LogP contribution in [0.5, 0.6) is 0 Å². The summed E-state index contributed by atoms with van der Waals surface area (Å²) in [6.45, 7) is 3.83. The minimum absolute atomic E-state index is 0.492. The predicted molar refractivity (Wildman–Crippen MR) is 94.2 cm³/mol. The monoisotopic (exact) mass is 350 g/mol. The van der Waals surface area contributed by atoms with Crippen LogP contribution in [0, 0.1) is 5.92 Å². The van der Waals surface area contributed by atoms with Crippen molar-refractivity contribution in [2.75, 3.05) is 13.1 Å². The number of hydrogen-bond acceptors (Lipinski definition) is 5. The molecular weight excluding hydrogens is 328 g/mol. The normalized spacial score (nSPS) is 18.1. The number of thiazole rings is 1. The van der Waals surface area contributed by atoms with E-state index < -0.39 is 12.0 Å². The van der Waals surface area contributed by atoms with Gasteiger partial charge in [0.15, 0.2) is 0 Å². The van der Waals surface area contributed by atoms with E-state index in [9.17, 15) is 9.90 Å². The second-order valence-electron chi connectivity index (χ2n) is 6.07. The first-order chi connectivity index (χ1) is 11.2. The van der Waals surface area contributed by atoms with Crippen LogP contribution in [-0.2, 0) is 17.6 Å². The Kier molecular flexibility index (Phi) is 5.46. The Morgan fingerprint density at radius 1 is 1.43 bits per heavy atom. The third kappa shape index (κ3) is 4.00. The molecule has 4 nitrogen and oxygen atoms in total. The molecular formula is C17H22N2O2S2. The lowest BCUT2D eigenvalue weighted by Crippen LogP contribution is -2.40. The summed E-state index contributed by atoms with van der Waals surface area (Å²) >= 11 is 3.32. The fourth-order valence-corrected chi connectivity index (χ4v) is 4.88. The zero-order valence-corrected chi connectivity index (χ0v) is 14.9. The molecule has 2 aromatic heterocycles. The quantitative estimate of drug-likeness (QED) is 0.860. The molecule has 0 amide bonds. The van der Waals surface area contributed by atoms with Crippen LogP contribution in [0.3, 0.4) is 0 Å². The van der Waals surface area contributed by atoms with Crippen LogP contribution in [0.4, 0.5) is 0 Å². The molecule has 1 unspecified atom stereocenters. The number of aryl methyl sites for hydroxylation is 1. The third-order valence-corrected chi connectivity index (χ3v) is 6.15. The topological polar surface area (TPSA) is 53.4 Å². The number of aromatic nitrogens is 1. The Bertz CT molecular complexity index is 631. The van der Waals surface area contributed by atoms with E-state index in [4.69, 9.17) is 0 Å². The number of hydrogen-bond donors (Lipinski definition) is 1. The molecule has 1 aliphatic heterocycles. The number of nitrogens with zero attached hydrogens (tertiary/aromatic N) is 2. The SMILES string of the molecule is CCc1csc(CC2CCN(C(C(=O)O)c3ccsc3)CC2)n1. The molecule has 0 spiro atoms. The molecule has 3 heterocycles. The van der Waals surface area contributed by atoms with Gasteiger partial charge in [-0.2, -0.15) is 11.3 Å². The maximum atomic E-state index is 11.7. The van der Waals surface area contributed by atoms with Crippen molar-refractivity contribution in [2.24, 2.45) is 5.92 Å². The van der Waals surface area contributed by atoms with Crippen molar-refractivity contribution in [2.45, 2.75) is 38.6 Å². The molecule has 23 heavy (non-hydrogen) atoms. The van der Waals surface area contributed by atoms with Gasteiger partial charge in [0.05, 0.1) is 10.7 Å². The van der Waals surface area contributed by atoms with Crippen LogP contribution in [0.25, 0.3) is 0 Å². The summed E-state index contributed by atoms with van der Waals surface area (Å²) < 4.78 is 0. The molecule has 0 saturated carbocycles. The lowest BCUT2D eigenvalue weighted by Gasteiger charge is -2.35. The lowest BCUT2D eigenvalue weighted by molar-refractivity contribution is -0.144. The number of thiophene rings is 1. The first kappa shape index (κ1) is 16.6. The van der Waals surface area contributed by atoms with Crippen molar-refractivity contribution in [1.29, 1.82) is 0 Å². The van der Waals surface area contributed by atoms with Crippen molar-refractivity contribution in [3.8, 4) is 0 Å². The smallest absolute Gasteiger partial charge is 0.325 e. The van der Waals surface area contributed by atoms with E-state index in [-0.39, 0.29) is 0 Å². The number of rotatable bonds is 6. The fraction of sp³-hybridized carbons (Fsp3) is 0.529. The van der Waals surface area contributed by atoms with Crippen LogP contribution in [-0.4, -0.2) is 34.0 Å². The first-order valence-electron chi connectivity index (χ1n) is 8.09. The summed E-state index contributed by atoms with van der Waals surface area (Å²) in [7, 11) is 0. The van der Waals surface area contributed by atoms with E-state index in [0.717, 1.165) is 44.3 Å². The maximum Gasteiger partial charge on any atom is 0.325 e. The minimum Gasteiger partial charge on any atom is -0.480 e. The maximum absolute atomic E-state index is 11.7. The van der Waals surface area contributed by atoms with Gasteiger partial charge in [0.1, 0.15) is 6.04 Å². The van der Waals surface area contributed by atoms with E-state index >= 15 is 0 Å². The molecule has 6 heteroatoms. The standard InChI is InChI=1S/C17H22N2O2S2/c1-2-14-11-23-15(18-14)9-12-3-6-19(7-4-12)16(17(20)21)13-5-8-22-10-13/h5,8,10-12,16H,2-4,6-7,9H2,1H3,(H,20,21). The van der Waals surface area contributed by atoms with Gasteiger partial charge in [-0.1, -0.05) is 6.92 Å². The number of carbonyl (C=O) groups is 1. The highest BCUT2D eigenvalue weighted by molar-refractivity contribution is 7.09. The van der Waals surface area contributed by atoms with Gasteiger partial charge in [0, 0.05) is 11.8 Å². The summed E-state index contributed by atoms with van der Waals surface area (Å²) in [5.74, 6) is -0.117. The lowest BCUT2D eigenvalue weighted by atomic mass is 9.92. The first-order valence-corrected chi connectivity index (χ1v) is 9.91. The summed E-state index contributed by atoms with van der Waals surface area (Å²) in [5, 5.41) is 16.9. The Hall–Kier alpha value is -1.24. The van der Waals surface area contributed by atoms with Gasteiger partial charge >= 0.3 is 5.97 Å². The Morgan fingerprint density at radius 2 is 2.22 bits per heavy atom. The van der Waals surface area contributed by atoms with E-state index in [1.165, 1.54) is 10.7 Å². The molecule has 124 valence electrons. The van der Waals surface area contributed by atoms with Gasteiger partial charge in [-0.15, -0.1) is 11.3 Å². The summed E-state index contributed by atoms with van der Waals surface area (Å²) in [5.41, 5.74) is 2.10. The number of likely N-dealkylation sites (tertiary alicyclic amines) is 1. The van der Waals surface area contributed by atoms with Crippen LogP contribution < -0.4 is 0 Å². The van der Waals surface area contributed by atoms with Gasteiger partial charge < -0.3 is 5.11 Å². The molecule has 0 aliphatic carbocycles. The second kappa shape index (κ2) is 7.55. The van der Waals surface area contributed by atoms with E-state index in [1.807, 2.05) is 16.8 Å².